The largest absolute Gasteiger partial charge is 0.573 e. The Balaban J connectivity index is 1.51. The molecule has 5 rings (SSSR count). The van der Waals surface area contributed by atoms with Gasteiger partial charge in [-0.3, -0.25) is 0 Å². The molecule has 0 atom stereocenters. The van der Waals surface area contributed by atoms with Crippen molar-refractivity contribution in [2.75, 3.05) is 6.61 Å². The Hall–Kier alpha value is -2.96. The van der Waals surface area contributed by atoms with Crippen LogP contribution in [0.4, 0.5) is 13.2 Å². The van der Waals surface area contributed by atoms with E-state index in [1.807, 2.05) is 24.4 Å². The van der Waals surface area contributed by atoms with Crippen molar-refractivity contribution in [2.24, 2.45) is 0 Å². The molecule has 4 nitrogen and oxygen atoms in total. The van der Waals surface area contributed by atoms with Gasteiger partial charge in [0.1, 0.15) is 23.9 Å². The van der Waals surface area contributed by atoms with Crippen molar-refractivity contribution in [3.63, 3.8) is 0 Å². The van der Waals surface area contributed by atoms with Crippen molar-refractivity contribution >= 4 is 0 Å². The molecule has 28 heavy (non-hydrogen) atoms. The minimum absolute atomic E-state index is 0.237. The zero-order valence-corrected chi connectivity index (χ0v) is 14.9. The highest BCUT2D eigenvalue weighted by Gasteiger charge is 2.31. The Kier molecular flexibility index (Phi) is 3.86. The summed E-state index contributed by atoms with van der Waals surface area (Å²) >= 11 is 0. The Morgan fingerprint density at radius 1 is 1.04 bits per heavy atom. The number of imidazole rings is 1. The van der Waals surface area contributed by atoms with E-state index in [1.165, 1.54) is 30.7 Å². The molecule has 0 radical (unpaired) electrons. The Morgan fingerprint density at radius 3 is 2.50 bits per heavy atom. The monoisotopic (exact) mass is 386 g/mol. The average Bonchev–Trinajstić information content (AvgIpc) is 3.44. The number of hydrogen-bond acceptors (Lipinski definition) is 3. The first-order chi connectivity index (χ1) is 13.5. The van der Waals surface area contributed by atoms with Crippen molar-refractivity contribution in [1.29, 1.82) is 0 Å². The summed E-state index contributed by atoms with van der Waals surface area (Å²) in [5.41, 5.74) is 3.83. The molecule has 0 amide bonds. The zero-order valence-electron chi connectivity index (χ0n) is 14.9. The van der Waals surface area contributed by atoms with Gasteiger partial charge in [-0.05, 0) is 48.2 Å². The standard InChI is InChI=1S/C21H17F3N2O2/c22-21(23,24)28-16-6-3-13(4-7-16)15-5-8-19-17(11-15)20-25-12-18(14-1-2-14)26(20)9-10-27-19/h3-8,11-12,14H,1-2,9-10H2. The summed E-state index contributed by atoms with van der Waals surface area (Å²) in [6, 6.07) is 11.6. The maximum absolute atomic E-state index is 12.4. The minimum Gasteiger partial charge on any atom is -0.491 e. The number of alkyl halides is 3. The zero-order chi connectivity index (χ0) is 19.3. The molecule has 2 heterocycles. The van der Waals surface area contributed by atoms with Crippen molar-refractivity contribution in [3.05, 3.63) is 54.4 Å². The van der Waals surface area contributed by atoms with Crippen LogP contribution in [0.15, 0.2) is 48.7 Å². The Bertz CT molecular complexity index is 1020. The topological polar surface area (TPSA) is 36.3 Å². The first kappa shape index (κ1) is 17.2. The molecule has 3 aromatic rings. The van der Waals surface area contributed by atoms with Crippen molar-refractivity contribution in [3.8, 4) is 34.0 Å². The van der Waals surface area contributed by atoms with Crippen LogP contribution in [0, 0.1) is 0 Å². The van der Waals surface area contributed by atoms with E-state index in [0.29, 0.717) is 12.5 Å². The number of rotatable bonds is 3. The van der Waals surface area contributed by atoms with Gasteiger partial charge < -0.3 is 14.0 Å². The van der Waals surface area contributed by atoms with Crippen LogP contribution in [0.25, 0.3) is 22.5 Å². The second-order valence-corrected chi connectivity index (χ2v) is 7.06. The molecule has 0 spiro atoms. The molecule has 0 unspecified atom stereocenters. The molecule has 0 saturated heterocycles. The van der Waals surface area contributed by atoms with E-state index in [2.05, 4.69) is 14.3 Å². The van der Waals surface area contributed by atoms with E-state index in [1.54, 1.807) is 12.1 Å². The van der Waals surface area contributed by atoms with Gasteiger partial charge in [0.25, 0.3) is 0 Å². The minimum atomic E-state index is -4.70. The number of benzene rings is 2. The van der Waals surface area contributed by atoms with E-state index in [9.17, 15) is 13.2 Å². The SMILES string of the molecule is FC(F)(F)Oc1ccc(-c2ccc3c(c2)-c2ncc(C4CC4)n2CCO3)cc1. The third-order valence-corrected chi connectivity index (χ3v) is 5.10. The van der Waals surface area contributed by atoms with Gasteiger partial charge in [-0.25, -0.2) is 4.98 Å². The Labute approximate surface area is 159 Å². The molecule has 1 aromatic heterocycles. The quantitative estimate of drug-likeness (QED) is 0.606. The van der Waals surface area contributed by atoms with Gasteiger partial charge in [0, 0.05) is 17.8 Å². The van der Waals surface area contributed by atoms with E-state index >= 15 is 0 Å². The predicted molar refractivity (Wildman–Crippen MR) is 97.3 cm³/mol. The third-order valence-electron chi connectivity index (χ3n) is 5.10. The second-order valence-electron chi connectivity index (χ2n) is 7.06. The van der Waals surface area contributed by atoms with E-state index in [-0.39, 0.29) is 5.75 Å². The summed E-state index contributed by atoms with van der Waals surface area (Å²) in [6.45, 7) is 1.34. The summed E-state index contributed by atoms with van der Waals surface area (Å²) in [6.07, 6.45) is -0.340. The summed E-state index contributed by atoms with van der Waals surface area (Å²) in [7, 11) is 0. The lowest BCUT2D eigenvalue weighted by atomic mass is 10.0. The predicted octanol–water partition coefficient (Wildman–Crippen LogP) is 5.39. The highest BCUT2D eigenvalue weighted by atomic mass is 19.4. The molecule has 2 aromatic carbocycles. The van der Waals surface area contributed by atoms with Crippen LogP contribution in [-0.4, -0.2) is 22.5 Å². The number of hydrogen-bond donors (Lipinski definition) is 0. The van der Waals surface area contributed by atoms with Gasteiger partial charge in [-0.15, -0.1) is 13.2 Å². The van der Waals surface area contributed by atoms with Crippen LogP contribution in [0.1, 0.15) is 24.5 Å². The molecule has 0 bridgehead atoms. The van der Waals surface area contributed by atoms with Gasteiger partial charge in [0.05, 0.1) is 12.1 Å². The van der Waals surface area contributed by atoms with Gasteiger partial charge >= 0.3 is 6.36 Å². The molecule has 1 aliphatic carbocycles. The lowest BCUT2D eigenvalue weighted by molar-refractivity contribution is -0.274. The van der Waals surface area contributed by atoms with Gasteiger partial charge in [-0.1, -0.05) is 18.2 Å². The molecule has 1 fully saturated rings. The van der Waals surface area contributed by atoms with Gasteiger partial charge in [0.15, 0.2) is 0 Å². The molecule has 0 N–H and O–H groups in total. The number of ether oxygens (including phenoxy) is 2. The van der Waals surface area contributed by atoms with Crippen LogP contribution in [-0.2, 0) is 6.54 Å². The van der Waals surface area contributed by atoms with E-state index in [0.717, 1.165) is 34.8 Å². The van der Waals surface area contributed by atoms with Crippen LogP contribution in [0.5, 0.6) is 11.5 Å². The maximum atomic E-state index is 12.4. The number of nitrogens with zero attached hydrogens (tertiary/aromatic N) is 2. The second kappa shape index (κ2) is 6.29. The smallest absolute Gasteiger partial charge is 0.491 e. The molecule has 1 saturated carbocycles. The highest BCUT2D eigenvalue weighted by molar-refractivity contribution is 5.75. The van der Waals surface area contributed by atoms with E-state index < -0.39 is 6.36 Å². The van der Waals surface area contributed by atoms with Gasteiger partial charge in [0.2, 0.25) is 0 Å². The van der Waals surface area contributed by atoms with Crippen molar-refractivity contribution in [2.45, 2.75) is 31.7 Å². The van der Waals surface area contributed by atoms with Crippen LogP contribution < -0.4 is 9.47 Å². The molecule has 2 aliphatic rings. The van der Waals surface area contributed by atoms with Gasteiger partial charge in [-0.2, -0.15) is 0 Å². The van der Waals surface area contributed by atoms with Crippen LogP contribution in [0.2, 0.25) is 0 Å². The molecule has 144 valence electrons. The highest BCUT2D eigenvalue weighted by Crippen LogP contribution is 2.43. The summed E-state index contributed by atoms with van der Waals surface area (Å²) in [5, 5.41) is 0. The van der Waals surface area contributed by atoms with Crippen LogP contribution >= 0.6 is 0 Å². The van der Waals surface area contributed by atoms with Crippen molar-refractivity contribution < 1.29 is 22.6 Å². The summed E-state index contributed by atoms with van der Waals surface area (Å²) in [4.78, 5) is 4.65. The summed E-state index contributed by atoms with van der Waals surface area (Å²) in [5.74, 6) is 2.01. The Morgan fingerprint density at radius 2 is 1.79 bits per heavy atom. The molecular weight excluding hydrogens is 369 g/mol. The first-order valence-corrected chi connectivity index (χ1v) is 9.17. The average molecular weight is 386 g/mol. The first-order valence-electron chi connectivity index (χ1n) is 9.17. The van der Waals surface area contributed by atoms with Crippen LogP contribution in [0.3, 0.4) is 0 Å². The fourth-order valence-corrected chi connectivity index (χ4v) is 3.65. The lowest BCUT2D eigenvalue weighted by Crippen LogP contribution is -2.16. The maximum Gasteiger partial charge on any atom is 0.573 e. The third kappa shape index (κ3) is 3.21. The fraction of sp³-hybridized carbons (Fsp3) is 0.286. The number of aromatic nitrogens is 2. The van der Waals surface area contributed by atoms with Crippen molar-refractivity contribution in [1.82, 2.24) is 9.55 Å². The lowest BCUT2D eigenvalue weighted by Gasteiger charge is -2.11. The van der Waals surface area contributed by atoms with E-state index in [4.69, 9.17) is 4.74 Å². The number of fused-ring (bicyclic) bond motifs is 3. The molecular formula is C21H17F3N2O2. The normalized spacial score (nSPS) is 16.0. The molecule has 7 heteroatoms. The summed E-state index contributed by atoms with van der Waals surface area (Å²) < 4.78 is 49.1. The number of halogens is 3. The molecule has 1 aliphatic heterocycles. The fourth-order valence-electron chi connectivity index (χ4n) is 3.65.